The van der Waals surface area contributed by atoms with E-state index >= 15 is 0 Å². The Hall–Kier alpha value is -0.940. The maximum Gasteiger partial charge on any atom is 0.164 e. The molecule has 0 aromatic carbocycles. The van der Waals surface area contributed by atoms with Gasteiger partial charge in [0, 0.05) is 19.1 Å². The Labute approximate surface area is 77.3 Å². The predicted molar refractivity (Wildman–Crippen MR) is 49.0 cm³/mol. The molecule has 5 nitrogen and oxygen atoms in total. The Morgan fingerprint density at radius 1 is 1.69 bits per heavy atom. The second-order valence-corrected chi connectivity index (χ2v) is 3.62. The number of aromatic nitrogens is 3. The molecular formula is C8H15N5. The van der Waals surface area contributed by atoms with Gasteiger partial charge in [-0.3, -0.25) is 10.00 Å². The Morgan fingerprint density at radius 3 is 3.08 bits per heavy atom. The molecule has 1 aromatic heterocycles. The minimum atomic E-state index is 0.333. The van der Waals surface area contributed by atoms with Gasteiger partial charge in [-0.2, -0.15) is 5.10 Å². The number of aromatic amines is 1. The summed E-state index contributed by atoms with van der Waals surface area (Å²) in [6.07, 6.45) is 1.09. The van der Waals surface area contributed by atoms with Crippen molar-refractivity contribution in [3.8, 4) is 0 Å². The summed E-state index contributed by atoms with van der Waals surface area (Å²) in [4.78, 5) is 6.54. The quantitative estimate of drug-likeness (QED) is 0.654. The third-order valence-corrected chi connectivity index (χ3v) is 2.32. The van der Waals surface area contributed by atoms with Crippen LogP contribution in [0.3, 0.4) is 0 Å². The van der Waals surface area contributed by atoms with E-state index in [4.69, 9.17) is 5.73 Å². The Balaban J connectivity index is 1.91. The van der Waals surface area contributed by atoms with Crippen molar-refractivity contribution in [3.05, 3.63) is 11.6 Å². The topological polar surface area (TPSA) is 70.8 Å². The summed E-state index contributed by atoms with van der Waals surface area (Å²) in [6, 6.07) is 0.333. The Bertz CT molecular complexity index is 282. The molecule has 0 radical (unpaired) electrons. The minimum Gasteiger partial charge on any atom is -0.326 e. The van der Waals surface area contributed by atoms with Gasteiger partial charge in [-0.05, 0) is 13.3 Å². The van der Waals surface area contributed by atoms with E-state index in [0.717, 1.165) is 37.7 Å². The number of nitrogens with two attached hydrogens (primary N) is 1. The molecule has 13 heavy (non-hydrogen) atoms. The van der Waals surface area contributed by atoms with E-state index in [9.17, 15) is 0 Å². The first-order valence-electron chi connectivity index (χ1n) is 4.60. The third-order valence-electron chi connectivity index (χ3n) is 2.32. The van der Waals surface area contributed by atoms with Crippen LogP contribution >= 0.6 is 0 Å². The average molecular weight is 181 g/mol. The van der Waals surface area contributed by atoms with Gasteiger partial charge < -0.3 is 5.73 Å². The lowest BCUT2D eigenvalue weighted by Gasteiger charge is -2.11. The highest BCUT2D eigenvalue weighted by molar-refractivity contribution is 4.89. The zero-order valence-corrected chi connectivity index (χ0v) is 7.82. The normalized spacial score (nSPS) is 24.0. The van der Waals surface area contributed by atoms with Crippen LogP contribution in [-0.4, -0.2) is 39.2 Å². The van der Waals surface area contributed by atoms with Crippen molar-refractivity contribution in [2.24, 2.45) is 5.73 Å². The van der Waals surface area contributed by atoms with E-state index in [2.05, 4.69) is 20.1 Å². The minimum absolute atomic E-state index is 0.333. The van der Waals surface area contributed by atoms with Crippen molar-refractivity contribution in [3.63, 3.8) is 0 Å². The maximum absolute atomic E-state index is 5.79. The number of hydrogen-bond donors (Lipinski definition) is 2. The van der Waals surface area contributed by atoms with Crippen LogP contribution in [-0.2, 0) is 6.54 Å². The largest absolute Gasteiger partial charge is 0.326 e. The van der Waals surface area contributed by atoms with Gasteiger partial charge in [0.25, 0.3) is 0 Å². The fourth-order valence-corrected chi connectivity index (χ4v) is 1.67. The second kappa shape index (κ2) is 3.43. The van der Waals surface area contributed by atoms with E-state index in [1.165, 1.54) is 0 Å². The number of rotatable bonds is 2. The lowest BCUT2D eigenvalue weighted by atomic mass is 10.3. The molecule has 2 heterocycles. The van der Waals surface area contributed by atoms with E-state index in [1.54, 1.807) is 0 Å². The van der Waals surface area contributed by atoms with Gasteiger partial charge in [0.15, 0.2) is 5.82 Å². The monoisotopic (exact) mass is 181 g/mol. The second-order valence-electron chi connectivity index (χ2n) is 3.62. The van der Waals surface area contributed by atoms with Gasteiger partial charge in [-0.15, -0.1) is 0 Å². The van der Waals surface area contributed by atoms with Crippen molar-refractivity contribution in [1.82, 2.24) is 20.1 Å². The van der Waals surface area contributed by atoms with Gasteiger partial charge in [0.05, 0.1) is 6.54 Å². The first-order chi connectivity index (χ1) is 6.24. The first kappa shape index (κ1) is 8.65. The van der Waals surface area contributed by atoms with Crippen molar-refractivity contribution in [2.45, 2.75) is 25.9 Å². The van der Waals surface area contributed by atoms with Crippen molar-refractivity contribution in [1.29, 1.82) is 0 Å². The molecule has 5 heteroatoms. The molecule has 0 saturated carbocycles. The van der Waals surface area contributed by atoms with Crippen LogP contribution < -0.4 is 5.73 Å². The summed E-state index contributed by atoms with van der Waals surface area (Å²) >= 11 is 0. The lowest BCUT2D eigenvalue weighted by molar-refractivity contribution is 0.318. The predicted octanol–water partition coefficient (Wildman–Crippen LogP) is -0.354. The average Bonchev–Trinajstić information content (AvgIpc) is 2.62. The first-order valence-corrected chi connectivity index (χ1v) is 4.60. The molecule has 0 aliphatic carbocycles. The number of hydrogen-bond acceptors (Lipinski definition) is 4. The molecule has 1 aromatic rings. The summed E-state index contributed by atoms with van der Waals surface area (Å²) in [5, 5.41) is 6.92. The van der Waals surface area contributed by atoms with Gasteiger partial charge in [-0.1, -0.05) is 0 Å². The number of aryl methyl sites for hydroxylation is 1. The van der Waals surface area contributed by atoms with Crippen LogP contribution in [0.25, 0.3) is 0 Å². The van der Waals surface area contributed by atoms with Crippen LogP contribution in [0.5, 0.6) is 0 Å². The smallest absolute Gasteiger partial charge is 0.164 e. The molecule has 0 bridgehead atoms. The van der Waals surface area contributed by atoms with Crippen LogP contribution in [0.1, 0.15) is 18.1 Å². The molecule has 1 atom stereocenters. The van der Waals surface area contributed by atoms with E-state index < -0.39 is 0 Å². The zero-order chi connectivity index (χ0) is 9.26. The van der Waals surface area contributed by atoms with E-state index in [-0.39, 0.29) is 0 Å². The van der Waals surface area contributed by atoms with E-state index in [1.807, 2.05) is 6.92 Å². The highest BCUT2D eigenvalue weighted by Crippen LogP contribution is 2.09. The molecule has 1 fully saturated rings. The number of H-pyrrole nitrogens is 1. The van der Waals surface area contributed by atoms with Crippen LogP contribution in [0.4, 0.5) is 0 Å². The highest BCUT2D eigenvalue weighted by atomic mass is 15.3. The Kier molecular flexibility index (Phi) is 2.28. The number of nitrogens with zero attached hydrogens (tertiary/aromatic N) is 3. The van der Waals surface area contributed by atoms with Gasteiger partial charge in [0.1, 0.15) is 5.82 Å². The van der Waals surface area contributed by atoms with Crippen molar-refractivity contribution >= 4 is 0 Å². The molecule has 72 valence electrons. The summed E-state index contributed by atoms with van der Waals surface area (Å²) in [5.41, 5.74) is 5.79. The summed E-state index contributed by atoms with van der Waals surface area (Å²) in [6.45, 7) is 4.76. The molecule has 1 saturated heterocycles. The lowest BCUT2D eigenvalue weighted by Crippen LogP contribution is -2.26. The highest BCUT2D eigenvalue weighted by Gasteiger charge is 2.19. The molecule has 1 aliphatic rings. The summed E-state index contributed by atoms with van der Waals surface area (Å²) < 4.78 is 0. The third kappa shape index (κ3) is 2.05. The fraction of sp³-hybridized carbons (Fsp3) is 0.750. The van der Waals surface area contributed by atoms with Crippen molar-refractivity contribution < 1.29 is 0 Å². The van der Waals surface area contributed by atoms with Crippen LogP contribution in [0.15, 0.2) is 0 Å². The molecule has 1 aliphatic heterocycles. The summed E-state index contributed by atoms with van der Waals surface area (Å²) in [5.74, 6) is 1.74. The fourth-order valence-electron chi connectivity index (χ4n) is 1.67. The Morgan fingerprint density at radius 2 is 2.54 bits per heavy atom. The zero-order valence-electron chi connectivity index (χ0n) is 7.82. The van der Waals surface area contributed by atoms with E-state index in [0.29, 0.717) is 6.04 Å². The summed E-state index contributed by atoms with van der Waals surface area (Å²) in [7, 11) is 0. The molecule has 0 unspecified atom stereocenters. The van der Waals surface area contributed by atoms with Crippen LogP contribution in [0.2, 0.25) is 0 Å². The molecule has 0 spiro atoms. The standard InChI is InChI=1S/C8H15N5/c1-6-10-8(12-11-6)5-13-3-2-7(9)4-13/h7H,2-5,9H2,1H3,(H,10,11,12)/t7-/m1/s1. The van der Waals surface area contributed by atoms with Gasteiger partial charge in [-0.25, -0.2) is 4.98 Å². The molecule has 3 N–H and O–H groups in total. The SMILES string of the molecule is Cc1nc(CN2CC[C@@H](N)C2)n[nH]1. The number of nitrogens with one attached hydrogen (secondary N) is 1. The maximum atomic E-state index is 5.79. The molecule has 0 amide bonds. The van der Waals surface area contributed by atoms with Crippen LogP contribution in [0, 0.1) is 6.92 Å². The molecular weight excluding hydrogens is 166 g/mol. The van der Waals surface area contributed by atoms with Crippen molar-refractivity contribution in [2.75, 3.05) is 13.1 Å². The molecule has 2 rings (SSSR count). The van der Waals surface area contributed by atoms with Gasteiger partial charge in [0.2, 0.25) is 0 Å². The van der Waals surface area contributed by atoms with Gasteiger partial charge >= 0.3 is 0 Å². The number of likely N-dealkylation sites (tertiary alicyclic amines) is 1.